The SMILES string of the molecule is NC1NCNC2CCNCC12. The molecule has 0 amide bonds. The molecule has 64 valence electrons. The molecule has 0 spiro atoms. The van der Waals surface area contributed by atoms with Crippen LogP contribution in [0.2, 0.25) is 0 Å². The summed E-state index contributed by atoms with van der Waals surface area (Å²) < 4.78 is 0. The van der Waals surface area contributed by atoms with Crippen LogP contribution in [0.3, 0.4) is 0 Å². The van der Waals surface area contributed by atoms with Crippen molar-refractivity contribution < 1.29 is 0 Å². The van der Waals surface area contributed by atoms with Crippen molar-refractivity contribution in [3.8, 4) is 0 Å². The lowest BCUT2D eigenvalue weighted by Gasteiger charge is -2.41. The highest BCUT2D eigenvalue weighted by atomic mass is 15.2. The van der Waals surface area contributed by atoms with Crippen molar-refractivity contribution in [1.29, 1.82) is 0 Å². The van der Waals surface area contributed by atoms with Gasteiger partial charge >= 0.3 is 0 Å². The Labute approximate surface area is 66.9 Å². The Hall–Kier alpha value is -0.160. The summed E-state index contributed by atoms with van der Waals surface area (Å²) in [5.74, 6) is 0.567. The predicted molar refractivity (Wildman–Crippen MR) is 43.9 cm³/mol. The molecule has 5 N–H and O–H groups in total. The molecule has 0 aliphatic carbocycles. The number of rotatable bonds is 0. The first-order valence-electron chi connectivity index (χ1n) is 4.31. The largest absolute Gasteiger partial charge is 0.316 e. The smallest absolute Gasteiger partial charge is 0.0612 e. The highest BCUT2D eigenvalue weighted by Gasteiger charge is 2.32. The summed E-state index contributed by atoms with van der Waals surface area (Å²) in [6, 6.07) is 0.632. The van der Waals surface area contributed by atoms with E-state index in [9.17, 15) is 0 Å². The Morgan fingerprint density at radius 3 is 3.00 bits per heavy atom. The van der Waals surface area contributed by atoms with E-state index in [1.165, 1.54) is 6.42 Å². The van der Waals surface area contributed by atoms with Crippen LogP contribution in [0.1, 0.15) is 6.42 Å². The van der Waals surface area contributed by atoms with Crippen molar-refractivity contribution in [2.45, 2.75) is 18.6 Å². The molecule has 4 heteroatoms. The normalized spacial score (nSPS) is 45.0. The van der Waals surface area contributed by atoms with E-state index in [-0.39, 0.29) is 6.17 Å². The third-order valence-corrected chi connectivity index (χ3v) is 2.69. The molecule has 2 fully saturated rings. The molecule has 2 aliphatic heterocycles. The van der Waals surface area contributed by atoms with E-state index in [0.29, 0.717) is 12.0 Å². The number of fused-ring (bicyclic) bond motifs is 1. The number of nitrogens with two attached hydrogens (primary N) is 1. The number of hydrogen-bond donors (Lipinski definition) is 4. The Bertz CT molecular complexity index is 136. The van der Waals surface area contributed by atoms with Crippen LogP contribution in [0.25, 0.3) is 0 Å². The van der Waals surface area contributed by atoms with Crippen molar-refractivity contribution in [2.75, 3.05) is 19.8 Å². The zero-order chi connectivity index (χ0) is 7.68. The highest BCUT2D eigenvalue weighted by molar-refractivity contribution is 4.91. The van der Waals surface area contributed by atoms with Crippen molar-refractivity contribution in [2.24, 2.45) is 11.7 Å². The van der Waals surface area contributed by atoms with E-state index in [4.69, 9.17) is 5.73 Å². The fraction of sp³-hybridized carbons (Fsp3) is 1.00. The van der Waals surface area contributed by atoms with Crippen LogP contribution in [0.15, 0.2) is 0 Å². The van der Waals surface area contributed by atoms with Gasteiger partial charge in [-0.25, -0.2) is 0 Å². The van der Waals surface area contributed by atoms with E-state index in [0.717, 1.165) is 19.8 Å². The van der Waals surface area contributed by atoms with E-state index < -0.39 is 0 Å². The zero-order valence-electron chi connectivity index (χ0n) is 6.64. The molecule has 3 unspecified atom stereocenters. The molecule has 0 aromatic heterocycles. The summed E-state index contributed by atoms with van der Waals surface area (Å²) in [7, 11) is 0. The Morgan fingerprint density at radius 2 is 2.18 bits per heavy atom. The van der Waals surface area contributed by atoms with Gasteiger partial charge in [0.15, 0.2) is 0 Å². The number of hydrogen-bond acceptors (Lipinski definition) is 4. The van der Waals surface area contributed by atoms with Gasteiger partial charge in [0, 0.05) is 25.2 Å². The van der Waals surface area contributed by atoms with Gasteiger partial charge in [-0.3, -0.25) is 5.32 Å². The van der Waals surface area contributed by atoms with Gasteiger partial charge in [0.1, 0.15) is 0 Å². The number of nitrogens with one attached hydrogen (secondary N) is 3. The molecular formula is C7H16N4. The Balaban J connectivity index is 1.99. The first-order valence-corrected chi connectivity index (χ1v) is 4.31. The first kappa shape index (κ1) is 7.49. The molecule has 0 aromatic rings. The van der Waals surface area contributed by atoms with Crippen LogP contribution >= 0.6 is 0 Å². The standard InChI is InChI=1S/C7H16N4/c8-7-5-3-9-2-1-6(5)10-4-11-7/h5-7,9-11H,1-4,8H2. The van der Waals surface area contributed by atoms with E-state index >= 15 is 0 Å². The Kier molecular flexibility index (Phi) is 2.09. The maximum atomic E-state index is 5.90. The molecule has 0 bridgehead atoms. The van der Waals surface area contributed by atoms with E-state index in [2.05, 4.69) is 16.0 Å². The molecule has 2 saturated heterocycles. The summed E-state index contributed by atoms with van der Waals surface area (Å²) in [5.41, 5.74) is 5.90. The summed E-state index contributed by atoms with van der Waals surface area (Å²) >= 11 is 0. The monoisotopic (exact) mass is 156 g/mol. The minimum atomic E-state index is 0.175. The van der Waals surface area contributed by atoms with Crippen LogP contribution < -0.4 is 21.7 Å². The molecular weight excluding hydrogens is 140 g/mol. The predicted octanol–water partition coefficient (Wildman–Crippen LogP) is -1.60. The second-order valence-corrected chi connectivity index (χ2v) is 3.37. The minimum absolute atomic E-state index is 0.175. The maximum absolute atomic E-state index is 5.90. The van der Waals surface area contributed by atoms with Crippen LogP contribution in [0, 0.1) is 5.92 Å². The quantitative estimate of drug-likeness (QED) is 0.341. The van der Waals surface area contributed by atoms with Crippen molar-refractivity contribution in [1.82, 2.24) is 16.0 Å². The first-order chi connectivity index (χ1) is 5.38. The lowest BCUT2D eigenvalue weighted by Crippen LogP contribution is -2.65. The van der Waals surface area contributed by atoms with Crippen LogP contribution in [0.4, 0.5) is 0 Å². The van der Waals surface area contributed by atoms with Gasteiger partial charge in [-0.05, 0) is 13.0 Å². The average molecular weight is 156 g/mol. The fourth-order valence-electron chi connectivity index (χ4n) is 1.97. The van der Waals surface area contributed by atoms with Crippen molar-refractivity contribution in [3.05, 3.63) is 0 Å². The lowest BCUT2D eigenvalue weighted by atomic mass is 9.89. The molecule has 2 rings (SSSR count). The minimum Gasteiger partial charge on any atom is -0.316 e. The van der Waals surface area contributed by atoms with Gasteiger partial charge in [0.25, 0.3) is 0 Å². The molecule has 4 nitrogen and oxygen atoms in total. The zero-order valence-corrected chi connectivity index (χ0v) is 6.64. The topological polar surface area (TPSA) is 62.1 Å². The van der Waals surface area contributed by atoms with Gasteiger partial charge < -0.3 is 16.4 Å². The molecule has 0 aromatic carbocycles. The van der Waals surface area contributed by atoms with Crippen molar-refractivity contribution >= 4 is 0 Å². The summed E-state index contributed by atoms with van der Waals surface area (Å²) in [6.45, 7) is 3.04. The third-order valence-electron chi connectivity index (χ3n) is 2.69. The van der Waals surface area contributed by atoms with Gasteiger partial charge in [-0.1, -0.05) is 0 Å². The van der Waals surface area contributed by atoms with Gasteiger partial charge in [0.05, 0.1) is 6.17 Å². The molecule has 2 heterocycles. The number of piperidine rings is 1. The summed E-state index contributed by atoms with van der Waals surface area (Å²) in [4.78, 5) is 0. The fourth-order valence-corrected chi connectivity index (χ4v) is 1.97. The summed E-state index contributed by atoms with van der Waals surface area (Å²) in [5, 5.41) is 9.98. The second kappa shape index (κ2) is 3.06. The molecule has 11 heavy (non-hydrogen) atoms. The second-order valence-electron chi connectivity index (χ2n) is 3.37. The van der Waals surface area contributed by atoms with Gasteiger partial charge in [-0.2, -0.15) is 0 Å². The van der Waals surface area contributed by atoms with Crippen LogP contribution in [-0.4, -0.2) is 32.0 Å². The Morgan fingerprint density at radius 1 is 1.27 bits per heavy atom. The maximum Gasteiger partial charge on any atom is 0.0612 e. The van der Waals surface area contributed by atoms with E-state index in [1.807, 2.05) is 0 Å². The highest BCUT2D eigenvalue weighted by Crippen LogP contribution is 2.15. The molecule has 0 saturated carbocycles. The van der Waals surface area contributed by atoms with Gasteiger partial charge in [0.2, 0.25) is 0 Å². The third kappa shape index (κ3) is 1.39. The lowest BCUT2D eigenvalue weighted by molar-refractivity contribution is 0.173. The van der Waals surface area contributed by atoms with Gasteiger partial charge in [-0.15, -0.1) is 0 Å². The summed E-state index contributed by atoms with van der Waals surface area (Å²) in [6.07, 6.45) is 1.38. The van der Waals surface area contributed by atoms with Crippen LogP contribution in [0.5, 0.6) is 0 Å². The van der Waals surface area contributed by atoms with Crippen LogP contribution in [-0.2, 0) is 0 Å². The van der Waals surface area contributed by atoms with E-state index in [1.54, 1.807) is 0 Å². The average Bonchev–Trinajstić information content (AvgIpc) is 2.06. The van der Waals surface area contributed by atoms with Crippen molar-refractivity contribution in [3.63, 3.8) is 0 Å². The molecule has 0 radical (unpaired) electrons. The molecule has 2 aliphatic rings. The molecule has 3 atom stereocenters.